The van der Waals surface area contributed by atoms with Crippen LogP contribution in [0.4, 0.5) is 0 Å². The van der Waals surface area contributed by atoms with Gasteiger partial charge in [0.1, 0.15) is 5.15 Å². The number of aromatic nitrogens is 2. The second kappa shape index (κ2) is 5.14. The monoisotopic (exact) mass is 434 g/mol. The van der Waals surface area contributed by atoms with E-state index in [0.29, 0.717) is 33.4 Å². The van der Waals surface area contributed by atoms with Crippen LogP contribution in [0.15, 0.2) is 12.1 Å². The van der Waals surface area contributed by atoms with Gasteiger partial charge in [0.2, 0.25) is 6.79 Å². The first-order valence-electron chi connectivity index (χ1n) is 6.46. The molecule has 1 saturated carbocycles. The number of ether oxygens (including phenoxy) is 2. The summed E-state index contributed by atoms with van der Waals surface area (Å²) in [4.78, 5) is 9.05. The zero-order chi connectivity index (χ0) is 14.6. The van der Waals surface area contributed by atoms with E-state index < -0.39 is 0 Å². The van der Waals surface area contributed by atoms with Crippen molar-refractivity contribution < 1.29 is 9.47 Å². The molecular formula is C14H9Cl2IN2O2. The van der Waals surface area contributed by atoms with Crippen LogP contribution < -0.4 is 9.47 Å². The Labute approximate surface area is 144 Å². The summed E-state index contributed by atoms with van der Waals surface area (Å²) in [7, 11) is 0. The minimum atomic E-state index is 0.181. The Bertz CT molecular complexity index is 750. The van der Waals surface area contributed by atoms with Crippen molar-refractivity contribution in [3.8, 4) is 22.9 Å². The average molecular weight is 435 g/mol. The van der Waals surface area contributed by atoms with Crippen molar-refractivity contribution in [3.63, 3.8) is 0 Å². The first-order chi connectivity index (χ1) is 10.1. The molecule has 21 heavy (non-hydrogen) atoms. The molecule has 0 radical (unpaired) electrons. The minimum absolute atomic E-state index is 0.181. The zero-order valence-electron chi connectivity index (χ0n) is 10.7. The molecule has 2 aliphatic rings. The molecule has 1 aromatic heterocycles. The zero-order valence-corrected chi connectivity index (χ0v) is 14.4. The maximum atomic E-state index is 6.25. The third kappa shape index (κ3) is 2.45. The molecule has 0 saturated heterocycles. The molecule has 1 aliphatic heterocycles. The summed E-state index contributed by atoms with van der Waals surface area (Å²) < 4.78 is 11.6. The van der Waals surface area contributed by atoms with Crippen LogP contribution in [0.3, 0.4) is 0 Å². The summed E-state index contributed by atoms with van der Waals surface area (Å²) >= 11 is 14.7. The Morgan fingerprint density at radius 1 is 1.14 bits per heavy atom. The topological polar surface area (TPSA) is 44.2 Å². The second-order valence-corrected chi connectivity index (χ2v) is 6.85. The lowest BCUT2D eigenvalue weighted by atomic mass is 10.1. The van der Waals surface area contributed by atoms with Crippen LogP contribution in [-0.2, 0) is 0 Å². The lowest BCUT2D eigenvalue weighted by Gasteiger charge is -2.09. The summed E-state index contributed by atoms with van der Waals surface area (Å²) in [6, 6.07) is 3.62. The second-order valence-electron chi connectivity index (χ2n) is 5.00. The Morgan fingerprint density at radius 3 is 2.71 bits per heavy atom. The lowest BCUT2D eigenvalue weighted by molar-refractivity contribution is 0.174. The fourth-order valence-electron chi connectivity index (χ4n) is 2.29. The van der Waals surface area contributed by atoms with E-state index in [0.717, 1.165) is 27.7 Å². The molecule has 4 nitrogen and oxygen atoms in total. The number of halogens is 3. The number of benzene rings is 1. The number of hydrogen-bond donors (Lipinski definition) is 0. The van der Waals surface area contributed by atoms with Gasteiger partial charge in [-0.05, 0) is 47.6 Å². The van der Waals surface area contributed by atoms with Crippen LogP contribution in [0.2, 0.25) is 10.2 Å². The Balaban J connectivity index is 1.85. The fourth-order valence-corrected chi connectivity index (χ4v) is 3.41. The SMILES string of the molecule is Clc1cc(-c2nc(Cl)c(I)c(C3CC3)n2)cc2c1OCO2. The summed E-state index contributed by atoms with van der Waals surface area (Å²) in [6.07, 6.45) is 2.31. The van der Waals surface area contributed by atoms with E-state index in [9.17, 15) is 0 Å². The number of nitrogens with zero attached hydrogens (tertiary/aromatic N) is 2. The Hall–Kier alpha value is -0.790. The standard InChI is InChI=1S/C14H9Cl2IN2O2/c15-8-3-7(4-9-12(8)21-5-20-9)14-18-11(6-1-2-6)10(17)13(16)19-14/h3-4,6H,1-2,5H2. The number of fused-ring (bicyclic) bond motifs is 1. The number of hydrogen-bond acceptors (Lipinski definition) is 4. The molecule has 2 aromatic rings. The van der Waals surface area contributed by atoms with Crippen LogP contribution >= 0.6 is 45.8 Å². The van der Waals surface area contributed by atoms with Gasteiger partial charge in [-0.15, -0.1) is 0 Å². The highest BCUT2D eigenvalue weighted by molar-refractivity contribution is 14.1. The molecule has 1 aliphatic carbocycles. The van der Waals surface area contributed by atoms with E-state index in [1.807, 2.05) is 6.07 Å². The van der Waals surface area contributed by atoms with Gasteiger partial charge in [0.15, 0.2) is 17.3 Å². The molecule has 7 heteroatoms. The van der Waals surface area contributed by atoms with Crippen LogP contribution in [0.25, 0.3) is 11.4 Å². The summed E-state index contributed by atoms with van der Waals surface area (Å²) in [6.45, 7) is 0.181. The predicted molar refractivity (Wildman–Crippen MR) is 88.3 cm³/mol. The molecule has 4 rings (SSSR count). The van der Waals surface area contributed by atoms with Crippen LogP contribution in [0.5, 0.6) is 11.5 Å². The molecule has 108 valence electrons. The highest BCUT2D eigenvalue weighted by Gasteiger charge is 2.29. The minimum Gasteiger partial charge on any atom is -0.454 e. The Morgan fingerprint density at radius 2 is 1.95 bits per heavy atom. The van der Waals surface area contributed by atoms with Crippen LogP contribution in [0, 0.1) is 3.57 Å². The van der Waals surface area contributed by atoms with E-state index >= 15 is 0 Å². The third-order valence-corrected chi connectivity index (χ3v) is 5.42. The molecule has 0 amide bonds. The van der Waals surface area contributed by atoms with Gasteiger partial charge in [-0.25, -0.2) is 9.97 Å². The van der Waals surface area contributed by atoms with Gasteiger partial charge in [-0.2, -0.15) is 0 Å². The van der Waals surface area contributed by atoms with Gasteiger partial charge < -0.3 is 9.47 Å². The predicted octanol–water partition coefficient (Wildman–Crippen LogP) is 4.66. The van der Waals surface area contributed by atoms with Crippen molar-refractivity contribution in [2.24, 2.45) is 0 Å². The van der Waals surface area contributed by atoms with Crippen molar-refractivity contribution in [2.45, 2.75) is 18.8 Å². The fraction of sp³-hybridized carbons (Fsp3) is 0.286. The molecule has 0 spiro atoms. The van der Waals surface area contributed by atoms with Gasteiger partial charge in [0.25, 0.3) is 0 Å². The van der Waals surface area contributed by atoms with Crippen molar-refractivity contribution in [1.29, 1.82) is 0 Å². The largest absolute Gasteiger partial charge is 0.454 e. The van der Waals surface area contributed by atoms with Gasteiger partial charge in [-0.3, -0.25) is 0 Å². The third-order valence-electron chi connectivity index (χ3n) is 3.49. The van der Waals surface area contributed by atoms with Gasteiger partial charge in [0, 0.05) is 11.5 Å². The van der Waals surface area contributed by atoms with E-state index in [1.54, 1.807) is 6.07 Å². The number of rotatable bonds is 2. The first-order valence-corrected chi connectivity index (χ1v) is 8.29. The lowest BCUT2D eigenvalue weighted by Crippen LogP contribution is -1.99. The summed E-state index contributed by atoms with van der Waals surface area (Å²) in [5, 5.41) is 0.975. The normalized spacial score (nSPS) is 16.3. The van der Waals surface area contributed by atoms with E-state index in [2.05, 4.69) is 32.6 Å². The van der Waals surface area contributed by atoms with Crippen LogP contribution in [-0.4, -0.2) is 16.8 Å². The van der Waals surface area contributed by atoms with E-state index in [-0.39, 0.29) is 6.79 Å². The highest BCUT2D eigenvalue weighted by atomic mass is 127. The van der Waals surface area contributed by atoms with Crippen molar-refractivity contribution in [3.05, 3.63) is 31.6 Å². The van der Waals surface area contributed by atoms with Gasteiger partial charge in [-0.1, -0.05) is 23.2 Å². The molecule has 1 aromatic carbocycles. The molecule has 2 heterocycles. The quantitative estimate of drug-likeness (QED) is 0.509. The van der Waals surface area contributed by atoms with Crippen molar-refractivity contribution >= 4 is 45.8 Å². The average Bonchev–Trinajstić information content (AvgIpc) is 3.19. The van der Waals surface area contributed by atoms with Crippen LogP contribution in [0.1, 0.15) is 24.5 Å². The first kappa shape index (κ1) is 13.8. The van der Waals surface area contributed by atoms with E-state index in [4.69, 9.17) is 32.7 Å². The Kier molecular flexibility index (Phi) is 3.39. The molecule has 0 unspecified atom stereocenters. The van der Waals surface area contributed by atoms with Crippen molar-refractivity contribution in [2.75, 3.05) is 6.79 Å². The molecule has 0 N–H and O–H groups in total. The van der Waals surface area contributed by atoms with Crippen molar-refractivity contribution in [1.82, 2.24) is 9.97 Å². The maximum Gasteiger partial charge on any atom is 0.231 e. The summed E-state index contributed by atoms with van der Waals surface area (Å²) in [5.41, 5.74) is 1.81. The molecular weight excluding hydrogens is 426 g/mol. The molecule has 0 bridgehead atoms. The van der Waals surface area contributed by atoms with Gasteiger partial charge in [0.05, 0.1) is 14.3 Å². The smallest absolute Gasteiger partial charge is 0.231 e. The van der Waals surface area contributed by atoms with Gasteiger partial charge >= 0.3 is 0 Å². The molecule has 1 fully saturated rings. The molecule has 0 atom stereocenters. The van der Waals surface area contributed by atoms with E-state index in [1.165, 1.54) is 0 Å². The maximum absolute atomic E-state index is 6.25. The highest BCUT2D eigenvalue weighted by Crippen LogP contribution is 2.44. The summed E-state index contributed by atoms with van der Waals surface area (Å²) in [5.74, 6) is 2.26.